The van der Waals surface area contributed by atoms with Crippen molar-refractivity contribution in [3.63, 3.8) is 0 Å². The number of nitriles is 1. The highest BCUT2D eigenvalue weighted by Gasteiger charge is 2.11. The summed E-state index contributed by atoms with van der Waals surface area (Å²) in [5, 5.41) is 8.72. The van der Waals surface area contributed by atoms with Crippen molar-refractivity contribution in [1.82, 2.24) is 0 Å². The van der Waals surface area contributed by atoms with E-state index in [1.165, 1.54) is 0 Å². The molecule has 0 aliphatic rings. The zero-order valence-corrected chi connectivity index (χ0v) is 8.99. The lowest BCUT2D eigenvalue weighted by molar-refractivity contribution is -0.142. The molecule has 0 aliphatic heterocycles. The summed E-state index contributed by atoms with van der Waals surface area (Å²) >= 11 is 0. The first-order chi connectivity index (χ1) is 7.60. The van der Waals surface area contributed by atoms with Crippen LogP contribution in [0.4, 0.5) is 11.4 Å². The molecule has 0 fully saturated rings. The summed E-state index contributed by atoms with van der Waals surface area (Å²) < 4.78 is 4.80. The molecule has 0 saturated heterocycles. The van der Waals surface area contributed by atoms with E-state index in [1.54, 1.807) is 19.1 Å². The summed E-state index contributed by atoms with van der Waals surface area (Å²) in [7, 11) is 0. The first-order valence-corrected chi connectivity index (χ1v) is 4.82. The lowest BCUT2D eigenvalue weighted by atomic mass is 10.0. The highest BCUT2D eigenvalue weighted by atomic mass is 16.5. The number of ether oxygens (including phenoxy) is 1. The van der Waals surface area contributed by atoms with Crippen molar-refractivity contribution in [2.45, 2.75) is 13.3 Å². The van der Waals surface area contributed by atoms with Gasteiger partial charge in [-0.1, -0.05) is 6.07 Å². The molecule has 5 heteroatoms. The maximum absolute atomic E-state index is 11.2. The molecule has 0 amide bonds. The number of hydrogen-bond donors (Lipinski definition) is 2. The summed E-state index contributed by atoms with van der Waals surface area (Å²) in [6.45, 7) is 2.05. The Morgan fingerprint density at radius 3 is 2.69 bits per heavy atom. The van der Waals surface area contributed by atoms with Gasteiger partial charge in [-0.15, -0.1) is 0 Å². The SMILES string of the molecule is CCOC(=O)Cc1ccc(C#N)c(N)c1N. The smallest absolute Gasteiger partial charge is 0.310 e. The van der Waals surface area contributed by atoms with Crippen molar-refractivity contribution in [3.8, 4) is 6.07 Å². The number of nitrogens with zero attached hydrogens (tertiary/aromatic N) is 1. The Labute approximate surface area is 93.6 Å². The average Bonchev–Trinajstić information content (AvgIpc) is 2.25. The third-order valence-electron chi connectivity index (χ3n) is 2.14. The molecule has 0 unspecified atom stereocenters. The van der Waals surface area contributed by atoms with Crippen LogP contribution in [0.5, 0.6) is 0 Å². The summed E-state index contributed by atoms with van der Waals surface area (Å²) in [6.07, 6.45) is 0.0651. The third kappa shape index (κ3) is 2.42. The van der Waals surface area contributed by atoms with Crippen LogP contribution in [0.2, 0.25) is 0 Å². The van der Waals surface area contributed by atoms with E-state index in [9.17, 15) is 4.79 Å². The molecule has 0 bridgehead atoms. The van der Waals surface area contributed by atoms with Crippen molar-refractivity contribution in [2.24, 2.45) is 0 Å². The van der Waals surface area contributed by atoms with Gasteiger partial charge in [-0.3, -0.25) is 4.79 Å². The first-order valence-electron chi connectivity index (χ1n) is 4.82. The molecule has 1 aromatic carbocycles. The van der Waals surface area contributed by atoms with E-state index < -0.39 is 0 Å². The monoisotopic (exact) mass is 219 g/mol. The van der Waals surface area contributed by atoms with Gasteiger partial charge < -0.3 is 16.2 Å². The van der Waals surface area contributed by atoms with E-state index in [2.05, 4.69) is 0 Å². The Morgan fingerprint density at radius 2 is 2.12 bits per heavy atom. The predicted octanol–water partition coefficient (Wildman–Crippen LogP) is 0.828. The molecule has 5 nitrogen and oxygen atoms in total. The van der Waals surface area contributed by atoms with Gasteiger partial charge in [0.05, 0.1) is 30.0 Å². The van der Waals surface area contributed by atoms with Crippen LogP contribution in [0.25, 0.3) is 0 Å². The molecule has 0 aliphatic carbocycles. The lowest BCUT2D eigenvalue weighted by Crippen LogP contribution is -2.10. The predicted molar refractivity (Wildman–Crippen MR) is 60.3 cm³/mol. The third-order valence-corrected chi connectivity index (χ3v) is 2.14. The minimum absolute atomic E-state index is 0.0651. The minimum atomic E-state index is -0.363. The van der Waals surface area contributed by atoms with E-state index >= 15 is 0 Å². The van der Waals surface area contributed by atoms with Gasteiger partial charge in [0.25, 0.3) is 0 Å². The molecule has 1 aromatic rings. The Hall–Kier alpha value is -2.22. The summed E-state index contributed by atoms with van der Waals surface area (Å²) in [4.78, 5) is 11.2. The van der Waals surface area contributed by atoms with Crippen LogP contribution in [0, 0.1) is 11.3 Å². The molecular formula is C11H13N3O2. The topological polar surface area (TPSA) is 102 Å². The Bertz CT molecular complexity index is 449. The second-order valence-electron chi connectivity index (χ2n) is 3.19. The molecule has 0 radical (unpaired) electrons. The molecule has 16 heavy (non-hydrogen) atoms. The maximum atomic E-state index is 11.2. The van der Waals surface area contributed by atoms with Gasteiger partial charge in [-0.25, -0.2) is 0 Å². The molecule has 1 rings (SSSR count). The fraction of sp³-hybridized carbons (Fsp3) is 0.273. The van der Waals surface area contributed by atoms with E-state index in [-0.39, 0.29) is 23.8 Å². The molecule has 0 spiro atoms. The van der Waals surface area contributed by atoms with Crippen molar-refractivity contribution >= 4 is 17.3 Å². The summed E-state index contributed by atoms with van der Waals surface area (Å²) in [5.74, 6) is -0.363. The number of carbonyl (C=O) groups excluding carboxylic acids is 1. The molecule has 0 heterocycles. The van der Waals surface area contributed by atoms with Crippen LogP contribution >= 0.6 is 0 Å². The Balaban J connectivity index is 2.96. The fourth-order valence-electron chi connectivity index (χ4n) is 1.30. The van der Waals surface area contributed by atoms with Crippen LogP contribution in [-0.4, -0.2) is 12.6 Å². The van der Waals surface area contributed by atoms with Crippen LogP contribution < -0.4 is 11.5 Å². The summed E-state index contributed by atoms with van der Waals surface area (Å²) in [5.41, 5.74) is 12.7. The van der Waals surface area contributed by atoms with Crippen LogP contribution in [-0.2, 0) is 16.0 Å². The van der Waals surface area contributed by atoms with Gasteiger partial charge in [-0.2, -0.15) is 5.26 Å². The molecule has 0 saturated carbocycles. The number of anilines is 2. The van der Waals surface area contributed by atoms with E-state index in [1.807, 2.05) is 6.07 Å². The molecular weight excluding hydrogens is 206 g/mol. The normalized spacial score (nSPS) is 9.50. The zero-order valence-electron chi connectivity index (χ0n) is 8.99. The summed E-state index contributed by atoms with van der Waals surface area (Å²) in [6, 6.07) is 5.07. The van der Waals surface area contributed by atoms with Crippen LogP contribution in [0.1, 0.15) is 18.1 Å². The number of benzene rings is 1. The number of esters is 1. The number of nitrogens with two attached hydrogens (primary N) is 2. The number of nitrogen functional groups attached to an aromatic ring is 2. The molecule has 84 valence electrons. The number of carbonyl (C=O) groups is 1. The Kier molecular flexibility index (Phi) is 3.72. The highest BCUT2D eigenvalue weighted by Crippen LogP contribution is 2.24. The van der Waals surface area contributed by atoms with E-state index in [4.69, 9.17) is 21.5 Å². The van der Waals surface area contributed by atoms with Crippen molar-refractivity contribution in [1.29, 1.82) is 5.26 Å². The van der Waals surface area contributed by atoms with Crippen LogP contribution in [0.15, 0.2) is 12.1 Å². The maximum Gasteiger partial charge on any atom is 0.310 e. The second kappa shape index (κ2) is 5.03. The standard InChI is InChI=1S/C11H13N3O2/c1-2-16-9(15)5-7-3-4-8(6-12)11(14)10(7)13/h3-4H,2,5,13-14H2,1H3. The Morgan fingerprint density at radius 1 is 1.44 bits per heavy atom. The van der Waals surface area contributed by atoms with Crippen molar-refractivity contribution in [2.75, 3.05) is 18.1 Å². The highest BCUT2D eigenvalue weighted by molar-refractivity contribution is 5.80. The van der Waals surface area contributed by atoms with Crippen LogP contribution in [0.3, 0.4) is 0 Å². The quantitative estimate of drug-likeness (QED) is 0.579. The molecule has 0 atom stereocenters. The van der Waals surface area contributed by atoms with Gasteiger partial charge in [0.1, 0.15) is 6.07 Å². The second-order valence-corrected chi connectivity index (χ2v) is 3.19. The van der Waals surface area contributed by atoms with E-state index in [0.717, 1.165) is 0 Å². The largest absolute Gasteiger partial charge is 0.466 e. The minimum Gasteiger partial charge on any atom is -0.466 e. The number of hydrogen-bond acceptors (Lipinski definition) is 5. The van der Waals surface area contributed by atoms with Gasteiger partial charge in [0.15, 0.2) is 0 Å². The van der Waals surface area contributed by atoms with Crippen molar-refractivity contribution in [3.05, 3.63) is 23.3 Å². The van der Waals surface area contributed by atoms with Gasteiger partial charge in [-0.05, 0) is 18.6 Å². The van der Waals surface area contributed by atoms with Gasteiger partial charge in [0.2, 0.25) is 0 Å². The number of rotatable bonds is 3. The molecule has 4 N–H and O–H groups in total. The first kappa shape index (κ1) is 11.9. The van der Waals surface area contributed by atoms with E-state index in [0.29, 0.717) is 17.7 Å². The average molecular weight is 219 g/mol. The van der Waals surface area contributed by atoms with Gasteiger partial charge >= 0.3 is 5.97 Å². The van der Waals surface area contributed by atoms with Gasteiger partial charge in [0, 0.05) is 0 Å². The zero-order chi connectivity index (χ0) is 12.1. The molecule has 0 aromatic heterocycles. The fourth-order valence-corrected chi connectivity index (χ4v) is 1.30. The lowest BCUT2D eigenvalue weighted by Gasteiger charge is -2.08. The van der Waals surface area contributed by atoms with Crippen molar-refractivity contribution < 1.29 is 9.53 Å².